The molecule has 2 aromatic heterocycles. The van der Waals surface area contributed by atoms with Crippen LogP contribution in [0.3, 0.4) is 0 Å². The first-order chi connectivity index (χ1) is 18.1. The van der Waals surface area contributed by atoms with Gasteiger partial charge in [-0.25, -0.2) is 0 Å². The molecule has 3 heterocycles. The van der Waals surface area contributed by atoms with Crippen LogP contribution in [0.2, 0.25) is 5.02 Å². The molecule has 2 aromatic carbocycles. The van der Waals surface area contributed by atoms with E-state index in [1.807, 2.05) is 42.2 Å². The molecule has 5 rings (SSSR count). The molecule has 38 heavy (non-hydrogen) atoms. The highest BCUT2D eigenvalue weighted by molar-refractivity contribution is 7.80. The molecule has 0 amide bonds. The van der Waals surface area contributed by atoms with E-state index in [0.29, 0.717) is 27.3 Å². The summed E-state index contributed by atoms with van der Waals surface area (Å²) in [6.07, 6.45) is -2.80. The second kappa shape index (κ2) is 9.96. The monoisotopic (exact) mass is 556 g/mol. The number of nitrogens with zero attached hydrogens (tertiary/aromatic N) is 3. The van der Waals surface area contributed by atoms with Crippen LogP contribution in [0.15, 0.2) is 72.9 Å². The minimum Gasteiger partial charge on any atom is -0.495 e. The number of anilines is 1. The molecule has 1 N–H and O–H groups in total. The van der Waals surface area contributed by atoms with E-state index in [-0.39, 0.29) is 11.7 Å². The summed E-state index contributed by atoms with van der Waals surface area (Å²) in [5.74, 6) is 0.522. The first-order valence-electron chi connectivity index (χ1n) is 11.8. The molecule has 196 valence electrons. The van der Waals surface area contributed by atoms with Crippen molar-refractivity contribution in [2.24, 2.45) is 0 Å². The summed E-state index contributed by atoms with van der Waals surface area (Å²) in [4.78, 5) is 6.49. The van der Waals surface area contributed by atoms with Gasteiger partial charge in [0.15, 0.2) is 5.11 Å². The molecule has 0 radical (unpaired) electrons. The lowest BCUT2D eigenvalue weighted by atomic mass is 9.96. The van der Waals surface area contributed by atoms with Crippen LogP contribution in [0.5, 0.6) is 5.75 Å². The van der Waals surface area contributed by atoms with Crippen molar-refractivity contribution < 1.29 is 17.9 Å². The van der Waals surface area contributed by atoms with E-state index < -0.39 is 17.8 Å². The summed E-state index contributed by atoms with van der Waals surface area (Å²) >= 11 is 12.2. The summed E-state index contributed by atoms with van der Waals surface area (Å²) in [5.41, 5.74) is 2.99. The van der Waals surface area contributed by atoms with Crippen molar-refractivity contribution in [2.45, 2.75) is 32.1 Å². The Morgan fingerprint density at radius 1 is 1.03 bits per heavy atom. The maximum Gasteiger partial charge on any atom is 0.418 e. The normalized spacial score (nSPS) is 17.6. The van der Waals surface area contributed by atoms with Crippen molar-refractivity contribution in [2.75, 3.05) is 12.0 Å². The molecule has 1 saturated heterocycles. The van der Waals surface area contributed by atoms with Crippen molar-refractivity contribution in [3.63, 3.8) is 0 Å². The maximum atomic E-state index is 13.9. The van der Waals surface area contributed by atoms with Gasteiger partial charge in [-0.3, -0.25) is 4.98 Å². The number of aryl methyl sites for hydroxylation is 1. The van der Waals surface area contributed by atoms with Gasteiger partial charge in [-0.1, -0.05) is 29.8 Å². The SMILES string of the molecule is COc1ccc(N2C(=S)N[C@H](c3ccccn3)[C@@H]2c2cc(C)n(-c3ccccc3C(F)(F)F)c2C)cc1Cl. The zero-order chi connectivity index (χ0) is 27.2. The van der Waals surface area contributed by atoms with E-state index in [0.717, 1.165) is 23.0 Å². The highest BCUT2D eigenvalue weighted by Crippen LogP contribution is 2.45. The Morgan fingerprint density at radius 2 is 1.76 bits per heavy atom. The van der Waals surface area contributed by atoms with E-state index in [9.17, 15) is 13.2 Å². The average molecular weight is 557 g/mol. The van der Waals surface area contributed by atoms with Gasteiger partial charge < -0.3 is 19.5 Å². The minimum atomic E-state index is -4.50. The fraction of sp³-hybridized carbons (Fsp3) is 0.214. The summed E-state index contributed by atoms with van der Waals surface area (Å²) in [6, 6.07) is 17.7. The summed E-state index contributed by atoms with van der Waals surface area (Å²) < 4.78 is 48.8. The molecule has 0 bridgehead atoms. The third-order valence-corrected chi connectivity index (χ3v) is 7.36. The Kier molecular flexibility index (Phi) is 6.83. The van der Waals surface area contributed by atoms with Crippen molar-refractivity contribution in [3.8, 4) is 11.4 Å². The first kappa shape index (κ1) is 26.1. The number of para-hydroxylation sites is 1. The standard InChI is InChI=1S/C28H24ClF3N4OS/c1-16-14-19(17(2)35(16)23-10-5-4-8-20(23)28(30,31)32)26-25(22-9-6-7-13-33-22)34-27(38)36(26)18-11-12-24(37-3)21(29)15-18/h4-15,25-26H,1-3H3,(H,34,38)/t25-,26+/m1/s1. The fourth-order valence-electron chi connectivity index (χ4n) is 5.12. The first-order valence-corrected chi connectivity index (χ1v) is 12.6. The number of thiocarbonyl (C=S) groups is 1. The maximum absolute atomic E-state index is 13.9. The molecule has 1 fully saturated rings. The van der Waals surface area contributed by atoms with Gasteiger partial charge in [0.25, 0.3) is 0 Å². The second-order valence-corrected chi connectivity index (χ2v) is 9.79. The van der Waals surface area contributed by atoms with Crippen molar-refractivity contribution in [1.29, 1.82) is 0 Å². The van der Waals surface area contributed by atoms with E-state index in [1.54, 1.807) is 35.9 Å². The molecule has 1 aliphatic rings. The number of methoxy groups -OCH3 is 1. The molecule has 4 aromatic rings. The van der Waals surface area contributed by atoms with Crippen LogP contribution in [0, 0.1) is 13.8 Å². The number of halogens is 4. The highest BCUT2D eigenvalue weighted by Gasteiger charge is 2.43. The van der Waals surface area contributed by atoms with Gasteiger partial charge in [-0.05, 0) is 80.2 Å². The van der Waals surface area contributed by atoms with E-state index >= 15 is 0 Å². The van der Waals surface area contributed by atoms with Crippen LogP contribution >= 0.6 is 23.8 Å². The van der Waals surface area contributed by atoms with Crippen LogP contribution in [0.25, 0.3) is 5.69 Å². The largest absolute Gasteiger partial charge is 0.495 e. The quantitative estimate of drug-likeness (QED) is 0.260. The highest BCUT2D eigenvalue weighted by atomic mass is 35.5. The van der Waals surface area contributed by atoms with Crippen LogP contribution in [-0.4, -0.2) is 21.8 Å². The van der Waals surface area contributed by atoms with Crippen molar-refractivity contribution >= 4 is 34.6 Å². The lowest BCUT2D eigenvalue weighted by molar-refractivity contribution is -0.137. The van der Waals surface area contributed by atoms with Gasteiger partial charge >= 0.3 is 6.18 Å². The molecule has 10 heteroatoms. The van der Waals surface area contributed by atoms with Gasteiger partial charge in [-0.2, -0.15) is 13.2 Å². The number of hydrogen-bond donors (Lipinski definition) is 1. The van der Waals surface area contributed by atoms with Gasteiger partial charge in [-0.15, -0.1) is 0 Å². The van der Waals surface area contributed by atoms with E-state index in [4.69, 9.17) is 28.6 Å². The summed E-state index contributed by atoms with van der Waals surface area (Å²) in [7, 11) is 1.54. The molecular formula is C28H24ClF3N4OS. The van der Waals surface area contributed by atoms with Gasteiger partial charge in [0.2, 0.25) is 0 Å². The minimum absolute atomic E-state index is 0.0724. The average Bonchev–Trinajstić information content (AvgIpc) is 3.38. The lowest BCUT2D eigenvalue weighted by Gasteiger charge is -2.28. The second-order valence-electron chi connectivity index (χ2n) is 8.99. The summed E-state index contributed by atoms with van der Waals surface area (Å²) in [6.45, 7) is 3.63. The molecule has 1 aliphatic heterocycles. The number of ether oxygens (including phenoxy) is 1. The van der Waals surface area contributed by atoms with Crippen LogP contribution in [0.4, 0.5) is 18.9 Å². The van der Waals surface area contributed by atoms with Crippen LogP contribution in [-0.2, 0) is 6.18 Å². The molecule has 0 aliphatic carbocycles. The van der Waals surface area contributed by atoms with Crippen molar-refractivity contribution in [3.05, 3.63) is 106 Å². The predicted molar refractivity (Wildman–Crippen MR) is 146 cm³/mol. The Balaban J connectivity index is 1.70. The number of hydrogen-bond acceptors (Lipinski definition) is 3. The smallest absolute Gasteiger partial charge is 0.418 e. The number of benzene rings is 2. The van der Waals surface area contributed by atoms with Gasteiger partial charge in [0.05, 0.1) is 41.2 Å². The van der Waals surface area contributed by atoms with Crippen molar-refractivity contribution in [1.82, 2.24) is 14.9 Å². The molecule has 2 atom stereocenters. The number of aromatic nitrogens is 2. The zero-order valence-electron chi connectivity index (χ0n) is 20.8. The fourth-order valence-corrected chi connectivity index (χ4v) is 5.72. The number of nitrogens with one attached hydrogen (secondary N) is 1. The Hall–Kier alpha value is -3.56. The zero-order valence-corrected chi connectivity index (χ0v) is 22.3. The van der Waals surface area contributed by atoms with E-state index in [2.05, 4.69) is 10.3 Å². The number of pyridine rings is 1. The Bertz CT molecular complexity index is 1510. The topological polar surface area (TPSA) is 42.3 Å². The predicted octanol–water partition coefficient (Wildman–Crippen LogP) is 7.35. The van der Waals surface area contributed by atoms with Crippen LogP contribution in [0.1, 0.15) is 40.3 Å². The molecule has 0 spiro atoms. The van der Waals surface area contributed by atoms with E-state index in [1.165, 1.54) is 19.2 Å². The Labute approximate surface area is 228 Å². The lowest BCUT2D eigenvalue weighted by Crippen LogP contribution is -2.29. The summed E-state index contributed by atoms with van der Waals surface area (Å²) in [5, 5.41) is 4.24. The third kappa shape index (κ3) is 4.50. The third-order valence-electron chi connectivity index (χ3n) is 6.75. The van der Waals surface area contributed by atoms with Gasteiger partial charge in [0, 0.05) is 23.3 Å². The number of rotatable bonds is 5. The molecular weight excluding hydrogens is 533 g/mol. The molecule has 0 unspecified atom stereocenters. The van der Waals surface area contributed by atoms with Crippen LogP contribution < -0.4 is 15.0 Å². The Morgan fingerprint density at radius 3 is 2.42 bits per heavy atom. The molecule has 5 nitrogen and oxygen atoms in total. The molecule has 0 saturated carbocycles. The van der Waals surface area contributed by atoms with Gasteiger partial charge in [0.1, 0.15) is 5.75 Å². The number of alkyl halides is 3.